The standard InChI is InChI=1S/C13H16O2/c1-8-2-5-12-10(6-8)11(14)7-13(15-12)9-3-4-9/h2,5-6,9,11,13-14H,3-4,7H2,1H3. The van der Waals surface area contributed by atoms with E-state index in [9.17, 15) is 5.11 Å². The third-order valence-electron chi connectivity index (χ3n) is 3.41. The average molecular weight is 204 g/mol. The van der Waals surface area contributed by atoms with Crippen molar-refractivity contribution in [2.24, 2.45) is 5.92 Å². The van der Waals surface area contributed by atoms with Gasteiger partial charge < -0.3 is 9.84 Å². The molecule has 3 rings (SSSR count). The zero-order chi connectivity index (χ0) is 10.4. The van der Waals surface area contributed by atoms with Crippen LogP contribution < -0.4 is 4.74 Å². The van der Waals surface area contributed by atoms with E-state index < -0.39 is 0 Å². The van der Waals surface area contributed by atoms with Gasteiger partial charge in [0.25, 0.3) is 0 Å². The third-order valence-corrected chi connectivity index (χ3v) is 3.41. The second-order valence-electron chi connectivity index (χ2n) is 4.79. The SMILES string of the molecule is Cc1ccc2c(c1)C(O)CC(C1CC1)O2. The molecule has 80 valence electrons. The molecule has 15 heavy (non-hydrogen) atoms. The maximum atomic E-state index is 10.1. The minimum Gasteiger partial charge on any atom is -0.490 e. The highest BCUT2D eigenvalue weighted by atomic mass is 16.5. The molecule has 1 aliphatic heterocycles. The number of ether oxygens (including phenoxy) is 1. The number of aliphatic hydroxyl groups excluding tert-OH is 1. The van der Waals surface area contributed by atoms with Crippen molar-refractivity contribution < 1.29 is 9.84 Å². The number of fused-ring (bicyclic) bond motifs is 1. The highest BCUT2D eigenvalue weighted by Gasteiger charge is 2.38. The van der Waals surface area contributed by atoms with Crippen LogP contribution in [0.1, 0.15) is 36.5 Å². The average Bonchev–Trinajstić information content (AvgIpc) is 3.02. The Morgan fingerprint density at radius 3 is 2.87 bits per heavy atom. The van der Waals surface area contributed by atoms with Crippen molar-refractivity contribution in [3.05, 3.63) is 29.3 Å². The monoisotopic (exact) mass is 204 g/mol. The summed E-state index contributed by atoms with van der Waals surface area (Å²) in [6.45, 7) is 2.04. The molecule has 2 aliphatic rings. The molecule has 1 heterocycles. The predicted octanol–water partition coefficient (Wildman–Crippen LogP) is 2.59. The van der Waals surface area contributed by atoms with E-state index in [1.807, 2.05) is 25.1 Å². The molecule has 0 aromatic heterocycles. The fraction of sp³-hybridized carbons (Fsp3) is 0.538. The molecule has 2 atom stereocenters. The van der Waals surface area contributed by atoms with Crippen LogP contribution in [0.2, 0.25) is 0 Å². The Morgan fingerprint density at radius 2 is 2.13 bits per heavy atom. The molecule has 0 amide bonds. The predicted molar refractivity (Wildman–Crippen MR) is 57.9 cm³/mol. The lowest BCUT2D eigenvalue weighted by Crippen LogP contribution is -2.27. The molecular formula is C13H16O2. The van der Waals surface area contributed by atoms with E-state index in [-0.39, 0.29) is 12.2 Å². The molecule has 1 fully saturated rings. The largest absolute Gasteiger partial charge is 0.490 e. The maximum absolute atomic E-state index is 10.1. The van der Waals surface area contributed by atoms with E-state index in [1.165, 1.54) is 18.4 Å². The summed E-state index contributed by atoms with van der Waals surface area (Å²) < 4.78 is 5.92. The van der Waals surface area contributed by atoms with Crippen molar-refractivity contribution in [2.75, 3.05) is 0 Å². The van der Waals surface area contributed by atoms with Crippen LogP contribution in [0.4, 0.5) is 0 Å². The molecular weight excluding hydrogens is 188 g/mol. The van der Waals surface area contributed by atoms with Crippen LogP contribution in [-0.4, -0.2) is 11.2 Å². The van der Waals surface area contributed by atoms with Crippen LogP contribution >= 0.6 is 0 Å². The van der Waals surface area contributed by atoms with E-state index in [4.69, 9.17) is 4.74 Å². The van der Waals surface area contributed by atoms with Gasteiger partial charge in [-0.05, 0) is 37.8 Å². The Kier molecular flexibility index (Phi) is 1.99. The molecule has 1 N–H and O–H groups in total. The fourth-order valence-corrected chi connectivity index (χ4v) is 2.35. The fourth-order valence-electron chi connectivity index (χ4n) is 2.35. The molecule has 0 spiro atoms. The Balaban J connectivity index is 1.93. The Morgan fingerprint density at radius 1 is 1.33 bits per heavy atom. The van der Waals surface area contributed by atoms with Gasteiger partial charge in [0.1, 0.15) is 11.9 Å². The lowest BCUT2D eigenvalue weighted by molar-refractivity contribution is 0.0550. The number of hydrogen-bond donors (Lipinski definition) is 1. The lowest BCUT2D eigenvalue weighted by Gasteiger charge is -2.30. The molecule has 2 heteroatoms. The minimum absolute atomic E-state index is 0.246. The number of aryl methyl sites for hydroxylation is 1. The van der Waals surface area contributed by atoms with Crippen LogP contribution in [0.15, 0.2) is 18.2 Å². The summed E-state index contributed by atoms with van der Waals surface area (Å²) in [5, 5.41) is 10.1. The quantitative estimate of drug-likeness (QED) is 0.762. The van der Waals surface area contributed by atoms with E-state index in [0.29, 0.717) is 5.92 Å². The molecule has 1 aliphatic carbocycles. The minimum atomic E-state index is -0.334. The van der Waals surface area contributed by atoms with Crippen LogP contribution in [-0.2, 0) is 0 Å². The normalized spacial score (nSPS) is 29.5. The molecule has 0 radical (unpaired) electrons. The first-order valence-electron chi connectivity index (χ1n) is 5.69. The molecule has 0 bridgehead atoms. The summed E-state index contributed by atoms with van der Waals surface area (Å²) in [5.74, 6) is 1.57. The summed E-state index contributed by atoms with van der Waals surface area (Å²) in [6, 6.07) is 6.06. The van der Waals surface area contributed by atoms with Crippen LogP contribution in [0.25, 0.3) is 0 Å². The van der Waals surface area contributed by atoms with Crippen molar-refractivity contribution in [3.8, 4) is 5.75 Å². The van der Waals surface area contributed by atoms with E-state index >= 15 is 0 Å². The molecule has 0 saturated heterocycles. The second-order valence-corrected chi connectivity index (χ2v) is 4.79. The highest BCUT2D eigenvalue weighted by Crippen LogP contribution is 2.43. The van der Waals surface area contributed by atoms with Gasteiger partial charge in [-0.25, -0.2) is 0 Å². The number of aliphatic hydroxyl groups is 1. The highest BCUT2D eigenvalue weighted by molar-refractivity contribution is 5.40. The van der Waals surface area contributed by atoms with Gasteiger partial charge in [0, 0.05) is 12.0 Å². The Hall–Kier alpha value is -1.02. The molecule has 1 saturated carbocycles. The van der Waals surface area contributed by atoms with Crippen molar-refractivity contribution >= 4 is 0 Å². The van der Waals surface area contributed by atoms with Gasteiger partial charge >= 0.3 is 0 Å². The third kappa shape index (κ3) is 1.63. The summed E-state index contributed by atoms with van der Waals surface area (Å²) >= 11 is 0. The van der Waals surface area contributed by atoms with Gasteiger partial charge in [-0.15, -0.1) is 0 Å². The topological polar surface area (TPSA) is 29.5 Å². The van der Waals surface area contributed by atoms with Crippen LogP contribution in [0.3, 0.4) is 0 Å². The Labute approximate surface area is 89.9 Å². The van der Waals surface area contributed by atoms with Gasteiger partial charge in [-0.2, -0.15) is 0 Å². The van der Waals surface area contributed by atoms with Crippen molar-refractivity contribution in [1.82, 2.24) is 0 Å². The lowest BCUT2D eigenvalue weighted by atomic mass is 9.95. The van der Waals surface area contributed by atoms with E-state index in [1.54, 1.807) is 0 Å². The van der Waals surface area contributed by atoms with Gasteiger partial charge in [0.05, 0.1) is 6.10 Å². The number of hydrogen-bond acceptors (Lipinski definition) is 2. The van der Waals surface area contributed by atoms with Crippen molar-refractivity contribution in [1.29, 1.82) is 0 Å². The van der Waals surface area contributed by atoms with Crippen molar-refractivity contribution in [3.63, 3.8) is 0 Å². The number of rotatable bonds is 1. The van der Waals surface area contributed by atoms with E-state index in [2.05, 4.69) is 0 Å². The van der Waals surface area contributed by atoms with Gasteiger partial charge in [-0.3, -0.25) is 0 Å². The molecule has 2 unspecified atom stereocenters. The molecule has 1 aromatic carbocycles. The van der Waals surface area contributed by atoms with Crippen LogP contribution in [0.5, 0.6) is 5.75 Å². The number of benzene rings is 1. The first-order valence-corrected chi connectivity index (χ1v) is 5.69. The second kappa shape index (κ2) is 3.24. The smallest absolute Gasteiger partial charge is 0.125 e. The van der Waals surface area contributed by atoms with Crippen molar-refractivity contribution in [2.45, 2.75) is 38.4 Å². The van der Waals surface area contributed by atoms with Crippen LogP contribution in [0, 0.1) is 12.8 Å². The zero-order valence-corrected chi connectivity index (χ0v) is 8.94. The summed E-state index contributed by atoms with van der Waals surface area (Å²) in [6.07, 6.45) is 3.20. The zero-order valence-electron chi connectivity index (χ0n) is 8.94. The van der Waals surface area contributed by atoms with Gasteiger partial charge in [0.2, 0.25) is 0 Å². The van der Waals surface area contributed by atoms with E-state index in [0.717, 1.165) is 17.7 Å². The first kappa shape index (κ1) is 9.22. The summed E-state index contributed by atoms with van der Waals surface area (Å²) in [4.78, 5) is 0. The van der Waals surface area contributed by atoms with Gasteiger partial charge in [0.15, 0.2) is 0 Å². The first-order chi connectivity index (χ1) is 7.24. The summed E-state index contributed by atoms with van der Waals surface area (Å²) in [5.41, 5.74) is 2.15. The molecule has 1 aromatic rings. The molecule has 2 nitrogen and oxygen atoms in total. The maximum Gasteiger partial charge on any atom is 0.125 e. The van der Waals surface area contributed by atoms with Gasteiger partial charge in [-0.1, -0.05) is 11.6 Å². The summed E-state index contributed by atoms with van der Waals surface area (Å²) in [7, 11) is 0. The Bertz CT molecular complexity index is 382.